The molecule has 0 atom stereocenters. The number of hydrogen-bond acceptors (Lipinski definition) is 5. The van der Waals surface area contributed by atoms with Gasteiger partial charge in [0.05, 0.1) is 5.60 Å². The molecule has 0 saturated carbocycles. The number of amides is 2. The molecule has 0 spiro atoms. The molecule has 1 aliphatic heterocycles. The van der Waals surface area contributed by atoms with E-state index in [2.05, 4.69) is 19.9 Å². The first-order valence-corrected chi connectivity index (χ1v) is 6.35. The lowest BCUT2D eigenvalue weighted by Crippen LogP contribution is -2.52. The van der Waals surface area contributed by atoms with Crippen molar-refractivity contribution < 1.29 is 14.4 Å². The standard InChI is InChI=1S/C12H20N4O3/c1-12(2,18)9-15-4-6-16(7-5-15)11(17)13-10-3-8-19-14-10/h3,8,18H,4-7,9H2,1-2H3,(H,13,14,17). The number of piperazine rings is 1. The normalized spacial score (nSPS) is 17.5. The summed E-state index contributed by atoms with van der Waals surface area (Å²) in [6.45, 7) is 6.99. The van der Waals surface area contributed by atoms with Gasteiger partial charge >= 0.3 is 6.03 Å². The van der Waals surface area contributed by atoms with Crippen LogP contribution < -0.4 is 5.32 Å². The highest BCUT2D eigenvalue weighted by Gasteiger charge is 2.25. The molecule has 19 heavy (non-hydrogen) atoms. The molecule has 0 radical (unpaired) electrons. The average molecular weight is 268 g/mol. The maximum Gasteiger partial charge on any atom is 0.323 e. The van der Waals surface area contributed by atoms with Crippen LogP contribution in [0.4, 0.5) is 10.6 Å². The Morgan fingerprint density at radius 2 is 2.16 bits per heavy atom. The number of rotatable bonds is 3. The Balaban J connectivity index is 1.78. The number of urea groups is 1. The van der Waals surface area contributed by atoms with E-state index in [9.17, 15) is 9.90 Å². The summed E-state index contributed by atoms with van der Waals surface area (Å²) in [6.07, 6.45) is 1.41. The summed E-state index contributed by atoms with van der Waals surface area (Å²) in [7, 11) is 0. The first kappa shape index (κ1) is 13.8. The van der Waals surface area contributed by atoms with E-state index in [1.165, 1.54) is 6.26 Å². The van der Waals surface area contributed by atoms with E-state index >= 15 is 0 Å². The molecule has 1 aromatic rings. The van der Waals surface area contributed by atoms with Crippen LogP contribution in [0.5, 0.6) is 0 Å². The van der Waals surface area contributed by atoms with Crippen molar-refractivity contribution in [3.8, 4) is 0 Å². The molecule has 7 nitrogen and oxygen atoms in total. The first-order chi connectivity index (χ1) is 8.94. The van der Waals surface area contributed by atoms with Crippen molar-refractivity contribution in [2.45, 2.75) is 19.4 Å². The van der Waals surface area contributed by atoms with Gasteiger partial charge in [-0.2, -0.15) is 0 Å². The van der Waals surface area contributed by atoms with Crippen molar-refractivity contribution in [3.05, 3.63) is 12.3 Å². The fourth-order valence-corrected chi connectivity index (χ4v) is 2.12. The zero-order valence-corrected chi connectivity index (χ0v) is 11.3. The molecule has 1 saturated heterocycles. The molecule has 2 N–H and O–H groups in total. The Bertz CT molecular complexity index is 405. The van der Waals surface area contributed by atoms with Gasteiger partial charge < -0.3 is 14.5 Å². The van der Waals surface area contributed by atoms with Crippen molar-refractivity contribution in [1.82, 2.24) is 15.0 Å². The number of β-amino-alcohol motifs (C(OH)–C–C–N with tert-alkyl or cyclic N) is 1. The summed E-state index contributed by atoms with van der Waals surface area (Å²) in [5, 5.41) is 16.1. The Morgan fingerprint density at radius 1 is 1.47 bits per heavy atom. The highest BCUT2D eigenvalue weighted by Crippen LogP contribution is 2.10. The summed E-state index contributed by atoms with van der Waals surface area (Å²) in [6, 6.07) is 1.43. The predicted octanol–water partition coefficient (Wildman–Crippen LogP) is 0.595. The Labute approximate surface area is 112 Å². The molecule has 0 aromatic carbocycles. The second kappa shape index (κ2) is 5.58. The number of carbonyl (C=O) groups excluding carboxylic acids is 1. The number of nitrogens with one attached hydrogen (secondary N) is 1. The van der Waals surface area contributed by atoms with E-state index in [4.69, 9.17) is 0 Å². The Hall–Kier alpha value is -1.60. The lowest BCUT2D eigenvalue weighted by atomic mass is 10.1. The molecule has 2 amide bonds. The van der Waals surface area contributed by atoms with Gasteiger partial charge in [0.25, 0.3) is 0 Å². The fraction of sp³-hybridized carbons (Fsp3) is 0.667. The maximum atomic E-state index is 11.9. The number of hydrogen-bond donors (Lipinski definition) is 2. The quantitative estimate of drug-likeness (QED) is 0.838. The highest BCUT2D eigenvalue weighted by molar-refractivity contribution is 5.88. The van der Waals surface area contributed by atoms with Crippen molar-refractivity contribution in [3.63, 3.8) is 0 Å². The number of carbonyl (C=O) groups is 1. The van der Waals surface area contributed by atoms with Gasteiger partial charge in [-0.05, 0) is 13.8 Å². The topological polar surface area (TPSA) is 81.8 Å². The third-order valence-electron chi connectivity index (χ3n) is 2.94. The lowest BCUT2D eigenvalue weighted by molar-refractivity contribution is 0.0231. The van der Waals surface area contributed by atoms with Crippen molar-refractivity contribution in [2.24, 2.45) is 0 Å². The molecule has 0 unspecified atom stereocenters. The molecular formula is C12H20N4O3. The van der Waals surface area contributed by atoms with E-state index in [0.717, 1.165) is 13.1 Å². The molecule has 2 rings (SSSR count). The van der Waals surface area contributed by atoms with E-state index in [-0.39, 0.29) is 6.03 Å². The zero-order chi connectivity index (χ0) is 13.9. The molecule has 1 fully saturated rings. The van der Waals surface area contributed by atoms with E-state index < -0.39 is 5.60 Å². The van der Waals surface area contributed by atoms with E-state index in [1.54, 1.807) is 24.8 Å². The van der Waals surface area contributed by atoms with Gasteiger partial charge in [-0.25, -0.2) is 4.79 Å². The van der Waals surface area contributed by atoms with Crippen molar-refractivity contribution >= 4 is 11.8 Å². The van der Waals surface area contributed by atoms with E-state index in [1.807, 2.05) is 0 Å². The summed E-state index contributed by atoms with van der Waals surface area (Å²) >= 11 is 0. The summed E-state index contributed by atoms with van der Waals surface area (Å²) in [5.41, 5.74) is -0.703. The number of anilines is 1. The Kier molecular flexibility index (Phi) is 4.06. The zero-order valence-electron chi connectivity index (χ0n) is 11.3. The number of nitrogens with zero attached hydrogens (tertiary/aromatic N) is 3. The van der Waals surface area contributed by atoms with Gasteiger partial charge in [0.1, 0.15) is 6.26 Å². The van der Waals surface area contributed by atoms with Crippen LogP contribution in [-0.4, -0.2) is 64.4 Å². The third kappa shape index (κ3) is 4.22. The van der Waals surface area contributed by atoms with E-state index in [0.29, 0.717) is 25.5 Å². The maximum absolute atomic E-state index is 11.9. The van der Waals surface area contributed by atoms with Crippen LogP contribution in [0.2, 0.25) is 0 Å². The van der Waals surface area contributed by atoms with Crippen LogP contribution in [-0.2, 0) is 0 Å². The van der Waals surface area contributed by atoms with Gasteiger partial charge in [0.2, 0.25) is 0 Å². The van der Waals surface area contributed by atoms with Crippen molar-refractivity contribution in [1.29, 1.82) is 0 Å². The molecule has 0 bridgehead atoms. The molecule has 1 aliphatic rings. The van der Waals surface area contributed by atoms with Crippen LogP contribution in [0.1, 0.15) is 13.8 Å². The smallest absolute Gasteiger partial charge is 0.323 e. The van der Waals surface area contributed by atoms with Crippen LogP contribution in [0.25, 0.3) is 0 Å². The SMILES string of the molecule is CC(C)(O)CN1CCN(C(=O)Nc2ccon2)CC1. The second-order valence-corrected chi connectivity index (χ2v) is 5.39. The van der Waals surface area contributed by atoms with Crippen LogP contribution >= 0.6 is 0 Å². The van der Waals surface area contributed by atoms with Gasteiger partial charge in [-0.1, -0.05) is 5.16 Å². The molecule has 0 aliphatic carbocycles. The largest absolute Gasteiger partial charge is 0.389 e. The monoisotopic (exact) mass is 268 g/mol. The summed E-state index contributed by atoms with van der Waals surface area (Å²) in [5.74, 6) is 0.420. The number of aromatic nitrogens is 1. The molecule has 1 aromatic heterocycles. The van der Waals surface area contributed by atoms with Gasteiger partial charge in [0.15, 0.2) is 5.82 Å². The minimum absolute atomic E-state index is 0.170. The number of aliphatic hydroxyl groups is 1. The third-order valence-corrected chi connectivity index (χ3v) is 2.94. The highest BCUT2D eigenvalue weighted by atomic mass is 16.5. The van der Waals surface area contributed by atoms with Gasteiger partial charge in [-0.3, -0.25) is 10.2 Å². The van der Waals surface area contributed by atoms with Crippen LogP contribution in [0.3, 0.4) is 0 Å². The predicted molar refractivity (Wildman–Crippen MR) is 69.8 cm³/mol. The summed E-state index contributed by atoms with van der Waals surface area (Å²) < 4.78 is 4.66. The van der Waals surface area contributed by atoms with Gasteiger partial charge in [-0.15, -0.1) is 0 Å². The second-order valence-electron chi connectivity index (χ2n) is 5.39. The minimum atomic E-state index is -0.703. The van der Waals surface area contributed by atoms with Crippen molar-refractivity contribution in [2.75, 3.05) is 38.0 Å². The van der Waals surface area contributed by atoms with Gasteiger partial charge in [0, 0.05) is 38.8 Å². The molecular weight excluding hydrogens is 248 g/mol. The van der Waals surface area contributed by atoms with Crippen LogP contribution in [0.15, 0.2) is 16.9 Å². The lowest BCUT2D eigenvalue weighted by Gasteiger charge is -2.37. The fourth-order valence-electron chi connectivity index (χ4n) is 2.12. The Morgan fingerprint density at radius 3 is 2.68 bits per heavy atom. The van der Waals surface area contributed by atoms with Crippen LogP contribution in [0, 0.1) is 0 Å². The first-order valence-electron chi connectivity index (χ1n) is 6.35. The average Bonchev–Trinajstić information content (AvgIpc) is 2.80. The molecule has 2 heterocycles. The minimum Gasteiger partial charge on any atom is -0.389 e. The molecule has 106 valence electrons. The molecule has 7 heteroatoms. The summed E-state index contributed by atoms with van der Waals surface area (Å²) in [4.78, 5) is 15.8.